The molecule has 0 aliphatic carbocycles. The van der Waals surface area contributed by atoms with Crippen LogP contribution in [0.25, 0.3) is 0 Å². The fraction of sp³-hybridized carbons (Fsp3) is 0.400. The van der Waals surface area contributed by atoms with E-state index < -0.39 is 0 Å². The lowest BCUT2D eigenvalue weighted by molar-refractivity contribution is 0.263. The number of aromatic nitrogens is 2. The number of rotatable bonds is 8. The van der Waals surface area contributed by atoms with Crippen molar-refractivity contribution in [2.75, 3.05) is 20.3 Å². The monoisotopic (exact) mass is 275 g/mol. The van der Waals surface area contributed by atoms with Gasteiger partial charge in [0.25, 0.3) is 0 Å². The zero-order valence-corrected chi connectivity index (χ0v) is 12.0. The second-order valence-electron chi connectivity index (χ2n) is 4.36. The molecule has 0 bridgehead atoms. The lowest BCUT2D eigenvalue weighted by Crippen LogP contribution is -2.12. The Balaban J connectivity index is 2.06. The summed E-state index contributed by atoms with van der Waals surface area (Å²) in [6.45, 7) is 4.69. The summed E-state index contributed by atoms with van der Waals surface area (Å²) in [5, 5.41) is 3.15. The quantitative estimate of drug-likeness (QED) is 0.801. The Bertz CT molecular complexity index is 488. The first-order chi connectivity index (χ1) is 9.85. The molecule has 5 heteroatoms. The number of hydrogen-bond acceptors (Lipinski definition) is 4. The minimum Gasteiger partial charge on any atom is -0.490 e. The van der Waals surface area contributed by atoms with E-state index in [0.29, 0.717) is 13.2 Å². The molecule has 1 heterocycles. The van der Waals surface area contributed by atoms with Crippen LogP contribution < -0.4 is 14.8 Å². The van der Waals surface area contributed by atoms with Crippen molar-refractivity contribution in [1.29, 1.82) is 0 Å². The van der Waals surface area contributed by atoms with Gasteiger partial charge in [-0.25, -0.2) is 4.98 Å². The van der Waals surface area contributed by atoms with Crippen LogP contribution in [0.4, 0.5) is 0 Å². The number of benzene rings is 1. The second kappa shape index (κ2) is 7.55. The summed E-state index contributed by atoms with van der Waals surface area (Å²) < 4.78 is 13.6. The molecule has 0 saturated carbocycles. The average Bonchev–Trinajstić information content (AvgIpc) is 2.95. The van der Waals surface area contributed by atoms with Crippen LogP contribution in [-0.4, -0.2) is 29.8 Å². The first kappa shape index (κ1) is 14.4. The van der Waals surface area contributed by atoms with Crippen LogP contribution in [0, 0.1) is 0 Å². The van der Waals surface area contributed by atoms with Crippen LogP contribution in [0.1, 0.15) is 12.5 Å². The van der Waals surface area contributed by atoms with Crippen molar-refractivity contribution in [3.05, 3.63) is 42.5 Å². The standard InChI is InChI=1S/C15H21N3O2/c1-3-19-14-6-4-5-13(11-16-2)15(14)20-10-9-18-8-7-17-12-18/h4-8,12,16H,3,9-11H2,1-2H3. The third kappa shape index (κ3) is 3.74. The summed E-state index contributed by atoms with van der Waals surface area (Å²) in [7, 11) is 1.92. The molecule has 1 N–H and O–H groups in total. The van der Waals surface area contributed by atoms with Crippen LogP contribution in [0.2, 0.25) is 0 Å². The lowest BCUT2D eigenvalue weighted by Gasteiger charge is -2.16. The predicted octanol–water partition coefficient (Wildman–Crippen LogP) is 2.08. The summed E-state index contributed by atoms with van der Waals surface area (Å²) in [5.41, 5.74) is 1.10. The SMILES string of the molecule is CCOc1cccc(CNC)c1OCCn1ccnc1. The maximum Gasteiger partial charge on any atom is 0.165 e. The van der Waals surface area contributed by atoms with Gasteiger partial charge in [-0.1, -0.05) is 12.1 Å². The highest BCUT2D eigenvalue weighted by atomic mass is 16.5. The molecular formula is C15H21N3O2. The average molecular weight is 275 g/mol. The van der Waals surface area contributed by atoms with Gasteiger partial charge >= 0.3 is 0 Å². The molecule has 108 valence electrons. The Morgan fingerprint density at radius 3 is 2.90 bits per heavy atom. The topological polar surface area (TPSA) is 48.3 Å². The van der Waals surface area contributed by atoms with Crippen molar-refractivity contribution in [3.63, 3.8) is 0 Å². The van der Waals surface area contributed by atoms with Crippen LogP contribution in [0.15, 0.2) is 36.9 Å². The zero-order chi connectivity index (χ0) is 14.2. The largest absolute Gasteiger partial charge is 0.490 e. The highest BCUT2D eigenvalue weighted by Crippen LogP contribution is 2.31. The minimum absolute atomic E-state index is 0.581. The second-order valence-corrected chi connectivity index (χ2v) is 4.36. The van der Waals surface area contributed by atoms with E-state index in [9.17, 15) is 0 Å². The molecule has 0 saturated heterocycles. The van der Waals surface area contributed by atoms with Crippen molar-refractivity contribution in [2.45, 2.75) is 20.0 Å². The molecule has 5 nitrogen and oxygen atoms in total. The van der Waals surface area contributed by atoms with Gasteiger partial charge in [0.05, 0.1) is 19.5 Å². The summed E-state index contributed by atoms with van der Waals surface area (Å²) in [4.78, 5) is 4.01. The van der Waals surface area contributed by atoms with E-state index in [-0.39, 0.29) is 0 Å². The molecule has 0 fully saturated rings. The van der Waals surface area contributed by atoms with Gasteiger partial charge in [-0.3, -0.25) is 0 Å². The number of para-hydroxylation sites is 1. The number of nitrogens with one attached hydrogen (secondary N) is 1. The molecule has 0 aliphatic rings. The van der Waals surface area contributed by atoms with E-state index in [4.69, 9.17) is 9.47 Å². The van der Waals surface area contributed by atoms with Crippen LogP contribution in [-0.2, 0) is 13.1 Å². The van der Waals surface area contributed by atoms with Gasteiger partial charge in [-0.05, 0) is 20.0 Å². The van der Waals surface area contributed by atoms with Gasteiger partial charge in [0, 0.05) is 24.5 Å². The number of imidazole rings is 1. The van der Waals surface area contributed by atoms with E-state index in [2.05, 4.69) is 10.3 Å². The molecule has 1 aromatic carbocycles. The van der Waals surface area contributed by atoms with Crippen molar-refractivity contribution < 1.29 is 9.47 Å². The zero-order valence-electron chi connectivity index (χ0n) is 12.0. The molecule has 0 aliphatic heterocycles. The normalized spacial score (nSPS) is 10.5. The predicted molar refractivity (Wildman–Crippen MR) is 78.1 cm³/mol. The Morgan fingerprint density at radius 1 is 1.30 bits per heavy atom. The van der Waals surface area contributed by atoms with Gasteiger partial charge in [0.15, 0.2) is 11.5 Å². The molecule has 0 radical (unpaired) electrons. The van der Waals surface area contributed by atoms with E-state index in [1.54, 1.807) is 12.5 Å². The summed E-state index contributed by atoms with van der Waals surface area (Å²) in [6.07, 6.45) is 5.47. The Morgan fingerprint density at radius 2 is 2.20 bits per heavy atom. The van der Waals surface area contributed by atoms with Crippen LogP contribution in [0.3, 0.4) is 0 Å². The van der Waals surface area contributed by atoms with E-state index in [1.807, 2.05) is 42.9 Å². The van der Waals surface area contributed by atoms with Crippen molar-refractivity contribution >= 4 is 0 Å². The van der Waals surface area contributed by atoms with Gasteiger partial charge in [0.2, 0.25) is 0 Å². The summed E-state index contributed by atoms with van der Waals surface area (Å²) >= 11 is 0. The van der Waals surface area contributed by atoms with Gasteiger partial charge < -0.3 is 19.4 Å². The van der Waals surface area contributed by atoms with Crippen molar-refractivity contribution in [2.24, 2.45) is 0 Å². The van der Waals surface area contributed by atoms with E-state index in [1.165, 1.54) is 0 Å². The third-order valence-electron chi connectivity index (χ3n) is 2.88. The molecule has 0 amide bonds. The highest BCUT2D eigenvalue weighted by molar-refractivity contribution is 5.46. The number of nitrogens with zero attached hydrogens (tertiary/aromatic N) is 2. The molecule has 0 atom stereocenters. The maximum atomic E-state index is 5.93. The summed E-state index contributed by atoms with van der Waals surface area (Å²) in [5.74, 6) is 1.62. The Labute approximate surface area is 119 Å². The first-order valence-electron chi connectivity index (χ1n) is 6.83. The van der Waals surface area contributed by atoms with Crippen LogP contribution >= 0.6 is 0 Å². The smallest absolute Gasteiger partial charge is 0.165 e. The van der Waals surface area contributed by atoms with E-state index >= 15 is 0 Å². The Kier molecular flexibility index (Phi) is 5.43. The van der Waals surface area contributed by atoms with Crippen LogP contribution in [0.5, 0.6) is 11.5 Å². The molecule has 20 heavy (non-hydrogen) atoms. The molecule has 1 aromatic heterocycles. The highest BCUT2D eigenvalue weighted by Gasteiger charge is 2.10. The van der Waals surface area contributed by atoms with Gasteiger partial charge in [-0.15, -0.1) is 0 Å². The summed E-state index contributed by atoms with van der Waals surface area (Å²) in [6, 6.07) is 5.97. The fourth-order valence-electron chi connectivity index (χ4n) is 2.00. The maximum absolute atomic E-state index is 5.93. The molecule has 0 spiro atoms. The lowest BCUT2D eigenvalue weighted by atomic mass is 10.2. The fourth-order valence-corrected chi connectivity index (χ4v) is 2.00. The van der Waals surface area contributed by atoms with E-state index in [0.717, 1.165) is 30.2 Å². The molecule has 2 aromatic rings. The Hall–Kier alpha value is -2.01. The molecule has 2 rings (SSSR count). The third-order valence-corrected chi connectivity index (χ3v) is 2.88. The molecular weight excluding hydrogens is 254 g/mol. The first-order valence-corrected chi connectivity index (χ1v) is 6.83. The number of ether oxygens (including phenoxy) is 2. The van der Waals surface area contributed by atoms with Crippen molar-refractivity contribution in [3.8, 4) is 11.5 Å². The van der Waals surface area contributed by atoms with Crippen molar-refractivity contribution in [1.82, 2.24) is 14.9 Å². The minimum atomic E-state index is 0.581. The van der Waals surface area contributed by atoms with Gasteiger partial charge in [0.1, 0.15) is 6.61 Å². The van der Waals surface area contributed by atoms with Gasteiger partial charge in [-0.2, -0.15) is 0 Å². The molecule has 0 unspecified atom stereocenters. The number of hydrogen-bond donors (Lipinski definition) is 1.